The number of rotatable bonds is 1. The quantitative estimate of drug-likeness (QED) is 0.744. The molecule has 0 amide bonds. The van der Waals surface area contributed by atoms with E-state index in [1.807, 2.05) is 0 Å². The number of phenols is 1. The minimum atomic E-state index is -4.34. The van der Waals surface area contributed by atoms with Crippen LogP contribution in [0.5, 0.6) is 5.75 Å². The van der Waals surface area contributed by atoms with Gasteiger partial charge in [0.05, 0.1) is 5.56 Å². The highest BCUT2D eigenvalue weighted by Gasteiger charge is 2.31. The van der Waals surface area contributed by atoms with E-state index in [4.69, 9.17) is 0 Å². The predicted molar refractivity (Wildman–Crippen MR) is 47.2 cm³/mol. The van der Waals surface area contributed by atoms with Gasteiger partial charge < -0.3 is 5.11 Å². The molecule has 0 saturated heterocycles. The Morgan fingerprint density at radius 3 is 2.29 bits per heavy atom. The van der Waals surface area contributed by atoms with Crippen molar-refractivity contribution in [1.29, 1.82) is 0 Å². The molecule has 0 aliphatic heterocycles. The number of benzene rings is 1. The van der Waals surface area contributed by atoms with Crippen molar-refractivity contribution < 1.29 is 18.3 Å². The lowest BCUT2D eigenvalue weighted by atomic mass is 10.0. The van der Waals surface area contributed by atoms with Crippen LogP contribution in [0, 0.1) is 6.92 Å². The van der Waals surface area contributed by atoms with E-state index in [1.54, 1.807) is 6.92 Å². The van der Waals surface area contributed by atoms with Crippen molar-refractivity contribution in [1.82, 2.24) is 0 Å². The molecule has 1 aromatic carbocycles. The van der Waals surface area contributed by atoms with Crippen LogP contribution >= 0.6 is 0 Å². The molecule has 0 unspecified atom stereocenters. The predicted octanol–water partition coefficient (Wildman–Crippen LogP) is 3.28. The van der Waals surface area contributed by atoms with Crippen LogP contribution in [0.3, 0.4) is 0 Å². The molecule has 1 aromatic rings. The molecule has 0 heterocycles. The summed E-state index contributed by atoms with van der Waals surface area (Å²) >= 11 is 0. The Labute approximate surface area is 80.2 Å². The van der Waals surface area contributed by atoms with Crippen LogP contribution in [0.25, 0.3) is 0 Å². The van der Waals surface area contributed by atoms with E-state index in [-0.39, 0.29) is 11.3 Å². The van der Waals surface area contributed by atoms with Gasteiger partial charge in [-0.05, 0) is 36.6 Å². The second-order valence-electron chi connectivity index (χ2n) is 3.15. The Hall–Kier alpha value is -1.19. The van der Waals surface area contributed by atoms with E-state index in [0.29, 0.717) is 12.0 Å². The van der Waals surface area contributed by atoms with Crippen molar-refractivity contribution in [2.24, 2.45) is 0 Å². The number of hydrogen-bond acceptors (Lipinski definition) is 1. The van der Waals surface area contributed by atoms with Crippen LogP contribution in [0.4, 0.5) is 13.2 Å². The van der Waals surface area contributed by atoms with E-state index in [9.17, 15) is 18.3 Å². The molecule has 14 heavy (non-hydrogen) atoms. The van der Waals surface area contributed by atoms with E-state index in [2.05, 4.69) is 0 Å². The van der Waals surface area contributed by atoms with Crippen LogP contribution in [-0.2, 0) is 12.6 Å². The zero-order chi connectivity index (χ0) is 10.9. The van der Waals surface area contributed by atoms with Crippen molar-refractivity contribution >= 4 is 0 Å². The lowest BCUT2D eigenvalue weighted by molar-refractivity contribution is -0.137. The van der Waals surface area contributed by atoms with Crippen molar-refractivity contribution in [3.63, 3.8) is 0 Å². The van der Waals surface area contributed by atoms with Crippen molar-refractivity contribution in [3.8, 4) is 5.75 Å². The largest absolute Gasteiger partial charge is 0.507 e. The molecule has 0 aromatic heterocycles. The van der Waals surface area contributed by atoms with Gasteiger partial charge in [0.15, 0.2) is 0 Å². The third kappa shape index (κ3) is 2.00. The lowest BCUT2D eigenvalue weighted by Gasteiger charge is -2.11. The fourth-order valence-electron chi connectivity index (χ4n) is 1.29. The molecule has 0 fully saturated rings. The maximum absolute atomic E-state index is 12.3. The number of alkyl halides is 3. The van der Waals surface area contributed by atoms with Crippen molar-refractivity contribution in [2.75, 3.05) is 0 Å². The first-order chi connectivity index (χ1) is 6.36. The minimum absolute atomic E-state index is 0.0412. The molecule has 0 radical (unpaired) electrons. The van der Waals surface area contributed by atoms with Crippen LogP contribution in [-0.4, -0.2) is 5.11 Å². The summed E-state index contributed by atoms with van der Waals surface area (Å²) in [4.78, 5) is 0. The first-order valence-corrected chi connectivity index (χ1v) is 4.26. The molecule has 1 rings (SSSR count). The fraction of sp³-hybridized carbons (Fsp3) is 0.400. The van der Waals surface area contributed by atoms with Gasteiger partial charge >= 0.3 is 6.18 Å². The third-order valence-corrected chi connectivity index (χ3v) is 2.09. The highest BCUT2D eigenvalue weighted by Crippen LogP contribution is 2.34. The average molecular weight is 204 g/mol. The molecule has 0 aliphatic rings. The average Bonchev–Trinajstić information content (AvgIpc) is 2.07. The van der Waals surface area contributed by atoms with Gasteiger partial charge in [0.1, 0.15) is 5.75 Å². The summed E-state index contributed by atoms with van der Waals surface area (Å²) in [6.45, 7) is 3.17. The molecule has 0 atom stereocenters. The van der Waals surface area contributed by atoms with Gasteiger partial charge in [0, 0.05) is 0 Å². The maximum Gasteiger partial charge on any atom is 0.416 e. The summed E-state index contributed by atoms with van der Waals surface area (Å²) in [6, 6.07) is 1.94. The topological polar surface area (TPSA) is 20.2 Å². The summed E-state index contributed by atoms with van der Waals surface area (Å²) in [5.74, 6) is -0.0412. The zero-order valence-corrected chi connectivity index (χ0v) is 7.94. The highest BCUT2D eigenvalue weighted by atomic mass is 19.4. The van der Waals surface area contributed by atoms with Crippen molar-refractivity contribution in [2.45, 2.75) is 26.4 Å². The molecule has 0 bridgehead atoms. The van der Waals surface area contributed by atoms with Gasteiger partial charge in [-0.3, -0.25) is 0 Å². The normalized spacial score (nSPS) is 11.8. The maximum atomic E-state index is 12.3. The molecular weight excluding hydrogens is 193 g/mol. The highest BCUT2D eigenvalue weighted by molar-refractivity contribution is 5.43. The molecular formula is C10H11F3O. The summed E-state index contributed by atoms with van der Waals surface area (Å²) in [5, 5.41) is 9.42. The summed E-state index contributed by atoms with van der Waals surface area (Å²) < 4.78 is 37.0. The van der Waals surface area contributed by atoms with E-state index in [0.717, 1.165) is 12.1 Å². The van der Waals surface area contributed by atoms with Gasteiger partial charge in [0.25, 0.3) is 0 Å². The van der Waals surface area contributed by atoms with E-state index >= 15 is 0 Å². The lowest BCUT2D eigenvalue weighted by Crippen LogP contribution is -2.06. The Balaban J connectivity index is 3.30. The molecule has 1 nitrogen and oxygen atoms in total. The van der Waals surface area contributed by atoms with Crippen LogP contribution in [0.2, 0.25) is 0 Å². The Morgan fingerprint density at radius 2 is 1.86 bits per heavy atom. The number of hydrogen-bond donors (Lipinski definition) is 1. The number of aromatic hydroxyl groups is 1. The fourth-order valence-corrected chi connectivity index (χ4v) is 1.29. The van der Waals surface area contributed by atoms with Gasteiger partial charge in [-0.2, -0.15) is 13.2 Å². The number of aryl methyl sites for hydroxylation is 2. The Kier molecular flexibility index (Phi) is 2.73. The molecule has 0 spiro atoms. The SMILES string of the molecule is CCc1cc(C(F)(F)F)cc(C)c1O. The first-order valence-electron chi connectivity index (χ1n) is 4.26. The third-order valence-electron chi connectivity index (χ3n) is 2.09. The second kappa shape index (κ2) is 3.52. The molecule has 0 aliphatic carbocycles. The zero-order valence-electron chi connectivity index (χ0n) is 7.94. The number of phenolic OH excluding ortho intramolecular Hbond substituents is 1. The Bertz CT molecular complexity index is 342. The standard InChI is InChI=1S/C10H11F3O/c1-3-7-5-8(10(11,12)13)4-6(2)9(7)14/h4-5,14H,3H2,1-2H3. The monoisotopic (exact) mass is 204 g/mol. The summed E-state index contributed by atoms with van der Waals surface area (Å²) in [5.41, 5.74) is -0.112. The van der Waals surface area contributed by atoms with Crippen LogP contribution in [0.15, 0.2) is 12.1 Å². The Morgan fingerprint density at radius 1 is 1.29 bits per heavy atom. The van der Waals surface area contributed by atoms with Crippen LogP contribution in [0.1, 0.15) is 23.6 Å². The minimum Gasteiger partial charge on any atom is -0.507 e. The molecule has 78 valence electrons. The first kappa shape index (κ1) is 10.9. The number of halogens is 3. The van der Waals surface area contributed by atoms with Crippen molar-refractivity contribution in [3.05, 3.63) is 28.8 Å². The molecule has 1 N–H and O–H groups in total. The van der Waals surface area contributed by atoms with Gasteiger partial charge in [0.2, 0.25) is 0 Å². The van der Waals surface area contributed by atoms with Crippen LogP contribution < -0.4 is 0 Å². The summed E-state index contributed by atoms with van der Waals surface area (Å²) in [6.07, 6.45) is -3.96. The van der Waals surface area contributed by atoms with E-state index < -0.39 is 11.7 Å². The van der Waals surface area contributed by atoms with Gasteiger partial charge in [-0.1, -0.05) is 6.92 Å². The molecule has 4 heteroatoms. The summed E-state index contributed by atoms with van der Waals surface area (Å²) in [7, 11) is 0. The van der Waals surface area contributed by atoms with Gasteiger partial charge in [-0.15, -0.1) is 0 Å². The van der Waals surface area contributed by atoms with E-state index in [1.165, 1.54) is 6.92 Å². The van der Waals surface area contributed by atoms with Gasteiger partial charge in [-0.25, -0.2) is 0 Å². The molecule has 0 saturated carbocycles. The smallest absolute Gasteiger partial charge is 0.416 e. The second-order valence-corrected chi connectivity index (χ2v) is 3.15.